The molecule has 1 atom stereocenters. The Labute approximate surface area is 149 Å². The molecule has 0 heterocycles. The topological polar surface area (TPSA) is 55.1 Å². The second-order valence-electron chi connectivity index (χ2n) is 6.28. The predicted octanol–water partition coefficient (Wildman–Crippen LogP) is 4.13. The maximum atomic E-state index is 14.2. The van der Waals surface area contributed by atoms with Crippen molar-refractivity contribution in [1.82, 2.24) is 5.32 Å². The molecule has 3 nitrogen and oxygen atoms in total. The minimum Gasteiger partial charge on any atom is -0.349 e. The van der Waals surface area contributed by atoms with Crippen LogP contribution < -0.4 is 11.1 Å². The fraction of sp³-hybridized carbons (Fsp3) is 0.381. The van der Waals surface area contributed by atoms with Gasteiger partial charge in [0.05, 0.1) is 6.04 Å². The van der Waals surface area contributed by atoms with E-state index in [1.807, 2.05) is 30.3 Å². The SMILES string of the molecule is NCCCCCCC(=O)NC(Cc1ccccc1)c1ccccc1F. The number of carbonyl (C=O) groups excluding carboxylic acids is 1. The van der Waals surface area contributed by atoms with Crippen molar-refractivity contribution in [1.29, 1.82) is 0 Å². The van der Waals surface area contributed by atoms with Crippen molar-refractivity contribution in [2.45, 2.75) is 44.6 Å². The van der Waals surface area contributed by atoms with Gasteiger partial charge in [-0.15, -0.1) is 0 Å². The molecule has 25 heavy (non-hydrogen) atoms. The third kappa shape index (κ3) is 6.67. The number of carbonyl (C=O) groups is 1. The zero-order valence-corrected chi connectivity index (χ0v) is 14.6. The van der Waals surface area contributed by atoms with Crippen LogP contribution in [0.3, 0.4) is 0 Å². The highest BCUT2D eigenvalue weighted by atomic mass is 19.1. The Morgan fingerprint density at radius 3 is 2.36 bits per heavy atom. The molecule has 0 aliphatic carbocycles. The first kappa shape index (κ1) is 19.1. The van der Waals surface area contributed by atoms with Gasteiger partial charge in [-0.3, -0.25) is 4.79 Å². The molecule has 0 bridgehead atoms. The molecule has 0 spiro atoms. The normalized spacial score (nSPS) is 11.9. The average Bonchev–Trinajstić information content (AvgIpc) is 2.62. The van der Waals surface area contributed by atoms with Gasteiger partial charge in [-0.25, -0.2) is 4.39 Å². The van der Waals surface area contributed by atoms with E-state index in [1.54, 1.807) is 18.2 Å². The van der Waals surface area contributed by atoms with Crippen molar-refractivity contribution in [3.8, 4) is 0 Å². The molecule has 2 aromatic rings. The quantitative estimate of drug-likeness (QED) is 0.638. The minimum atomic E-state index is -0.361. The Hall–Kier alpha value is -2.20. The van der Waals surface area contributed by atoms with E-state index >= 15 is 0 Å². The third-order valence-electron chi connectivity index (χ3n) is 4.26. The number of nitrogens with one attached hydrogen (secondary N) is 1. The molecule has 1 amide bonds. The van der Waals surface area contributed by atoms with E-state index in [0.29, 0.717) is 24.9 Å². The van der Waals surface area contributed by atoms with Crippen LogP contribution in [0.15, 0.2) is 54.6 Å². The molecule has 0 saturated carbocycles. The summed E-state index contributed by atoms with van der Waals surface area (Å²) in [5.74, 6) is -0.316. The van der Waals surface area contributed by atoms with E-state index in [9.17, 15) is 9.18 Å². The van der Waals surface area contributed by atoms with E-state index in [1.165, 1.54) is 6.07 Å². The zero-order valence-electron chi connectivity index (χ0n) is 14.6. The summed E-state index contributed by atoms with van der Waals surface area (Å²) >= 11 is 0. The summed E-state index contributed by atoms with van der Waals surface area (Å²) in [4.78, 5) is 12.3. The van der Waals surface area contributed by atoms with Gasteiger partial charge in [0.2, 0.25) is 5.91 Å². The van der Waals surface area contributed by atoms with Crippen LogP contribution in [0.2, 0.25) is 0 Å². The first-order valence-corrected chi connectivity index (χ1v) is 8.98. The van der Waals surface area contributed by atoms with E-state index in [-0.39, 0.29) is 17.8 Å². The van der Waals surface area contributed by atoms with E-state index < -0.39 is 0 Å². The molecule has 0 aliphatic heterocycles. The third-order valence-corrected chi connectivity index (χ3v) is 4.26. The first-order chi connectivity index (χ1) is 12.2. The van der Waals surface area contributed by atoms with Crippen LogP contribution in [0.25, 0.3) is 0 Å². The first-order valence-electron chi connectivity index (χ1n) is 8.98. The van der Waals surface area contributed by atoms with Crippen molar-refractivity contribution in [2.75, 3.05) is 6.54 Å². The summed E-state index contributed by atoms with van der Waals surface area (Å²) in [6.45, 7) is 0.693. The lowest BCUT2D eigenvalue weighted by Crippen LogP contribution is -2.30. The van der Waals surface area contributed by atoms with Crippen LogP contribution in [-0.2, 0) is 11.2 Å². The second-order valence-corrected chi connectivity index (χ2v) is 6.28. The maximum Gasteiger partial charge on any atom is 0.220 e. The van der Waals surface area contributed by atoms with Crippen molar-refractivity contribution in [2.24, 2.45) is 5.73 Å². The van der Waals surface area contributed by atoms with E-state index in [2.05, 4.69) is 5.32 Å². The van der Waals surface area contributed by atoms with Gasteiger partial charge >= 0.3 is 0 Å². The molecule has 0 saturated heterocycles. The number of hydrogen-bond acceptors (Lipinski definition) is 2. The van der Waals surface area contributed by atoms with Crippen LogP contribution in [0, 0.1) is 5.82 Å². The van der Waals surface area contributed by atoms with Crippen molar-refractivity contribution in [3.05, 3.63) is 71.5 Å². The summed E-state index contributed by atoms with van der Waals surface area (Å²) in [5.41, 5.74) is 7.07. The second kappa shape index (κ2) is 10.6. The molecule has 0 fully saturated rings. The highest BCUT2D eigenvalue weighted by Crippen LogP contribution is 2.21. The lowest BCUT2D eigenvalue weighted by Gasteiger charge is -2.20. The molecular weight excluding hydrogens is 315 g/mol. The smallest absolute Gasteiger partial charge is 0.220 e. The highest BCUT2D eigenvalue weighted by molar-refractivity contribution is 5.76. The van der Waals surface area contributed by atoms with Crippen LogP contribution in [-0.4, -0.2) is 12.5 Å². The lowest BCUT2D eigenvalue weighted by atomic mass is 9.98. The number of rotatable bonds is 10. The molecule has 3 N–H and O–H groups in total. The standard InChI is InChI=1S/C21H27FN2O/c22-19-13-8-7-12-18(19)20(16-17-10-4-3-5-11-17)24-21(25)14-6-1-2-9-15-23/h3-5,7-8,10-13,20H,1-2,6,9,14-16,23H2,(H,24,25). The van der Waals surface area contributed by atoms with E-state index in [4.69, 9.17) is 5.73 Å². The summed E-state index contributed by atoms with van der Waals surface area (Å²) in [7, 11) is 0. The Kier molecular flexibility index (Phi) is 8.13. The van der Waals surface area contributed by atoms with Gasteiger partial charge in [-0.1, -0.05) is 61.4 Å². The molecule has 1 unspecified atom stereocenters. The summed E-state index contributed by atoms with van der Waals surface area (Å²) in [6.07, 6.45) is 4.90. The monoisotopic (exact) mass is 342 g/mol. The molecule has 0 aliphatic rings. The molecule has 0 aromatic heterocycles. The number of halogens is 1. The van der Waals surface area contributed by atoms with Gasteiger partial charge in [0.25, 0.3) is 0 Å². The van der Waals surface area contributed by atoms with Gasteiger partial charge < -0.3 is 11.1 Å². The Balaban J connectivity index is 1.99. The number of nitrogens with two attached hydrogens (primary N) is 1. The fourth-order valence-electron chi connectivity index (χ4n) is 2.90. The Morgan fingerprint density at radius 2 is 1.64 bits per heavy atom. The van der Waals surface area contributed by atoms with Gasteiger partial charge in [0.15, 0.2) is 0 Å². The van der Waals surface area contributed by atoms with Crippen LogP contribution in [0.4, 0.5) is 4.39 Å². The number of benzene rings is 2. The molecule has 0 radical (unpaired) electrons. The summed E-state index contributed by atoms with van der Waals surface area (Å²) in [6, 6.07) is 16.1. The van der Waals surface area contributed by atoms with Gasteiger partial charge in [0.1, 0.15) is 5.82 Å². The minimum absolute atomic E-state index is 0.0306. The Morgan fingerprint density at radius 1 is 0.960 bits per heavy atom. The lowest BCUT2D eigenvalue weighted by molar-refractivity contribution is -0.122. The average molecular weight is 342 g/mol. The van der Waals surface area contributed by atoms with Crippen molar-refractivity contribution in [3.63, 3.8) is 0 Å². The number of unbranched alkanes of at least 4 members (excludes halogenated alkanes) is 3. The van der Waals surface area contributed by atoms with E-state index in [0.717, 1.165) is 31.2 Å². The van der Waals surface area contributed by atoms with Crippen LogP contribution in [0.5, 0.6) is 0 Å². The number of amides is 1. The van der Waals surface area contributed by atoms with Gasteiger partial charge in [-0.2, -0.15) is 0 Å². The molecule has 2 aromatic carbocycles. The predicted molar refractivity (Wildman–Crippen MR) is 99.6 cm³/mol. The maximum absolute atomic E-state index is 14.2. The zero-order chi connectivity index (χ0) is 17.9. The van der Waals surface area contributed by atoms with Gasteiger partial charge in [-0.05, 0) is 37.4 Å². The number of hydrogen-bond donors (Lipinski definition) is 2. The highest BCUT2D eigenvalue weighted by Gasteiger charge is 2.18. The Bertz CT molecular complexity index is 645. The van der Waals surface area contributed by atoms with Gasteiger partial charge in [0, 0.05) is 12.0 Å². The molecule has 4 heteroatoms. The summed E-state index contributed by atoms with van der Waals surface area (Å²) < 4.78 is 14.2. The van der Waals surface area contributed by atoms with Crippen LogP contribution in [0.1, 0.15) is 49.3 Å². The largest absolute Gasteiger partial charge is 0.349 e. The van der Waals surface area contributed by atoms with Crippen LogP contribution >= 0.6 is 0 Å². The molecule has 134 valence electrons. The van der Waals surface area contributed by atoms with Crippen molar-refractivity contribution < 1.29 is 9.18 Å². The van der Waals surface area contributed by atoms with Crippen molar-refractivity contribution >= 4 is 5.91 Å². The molecular formula is C21H27FN2O. The summed E-state index contributed by atoms with van der Waals surface area (Å²) in [5, 5.41) is 3.01. The fourth-order valence-corrected chi connectivity index (χ4v) is 2.90. The molecule has 2 rings (SSSR count).